The lowest BCUT2D eigenvalue weighted by Gasteiger charge is -2.25. The van der Waals surface area contributed by atoms with Crippen LogP contribution in [0.5, 0.6) is 0 Å². The van der Waals surface area contributed by atoms with Gasteiger partial charge in [0.2, 0.25) is 0 Å². The molecule has 0 spiro atoms. The summed E-state index contributed by atoms with van der Waals surface area (Å²) in [4.78, 5) is 32.5. The molecule has 0 aromatic heterocycles. The van der Waals surface area contributed by atoms with Crippen LogP contribution in [-0.2, 0) is 28.6 Å². The lowest BCUT2D eigenvalue weighted by Crippen LogP contribution is -2.52. The molecule has 0 aliphatic rings. The molecule has 7 nitrogen and oxygen atoms in total. The van der Waals surface area contributed by atoms with E-state index in [1.807, 2.05) is 0 Å². The van der Waals surface area contributed by atoms with Gasteiger partial charge in [0.25, 0.3) is 0 Å². The number of carboxylic acid groups (broad SMARTS) is 1. The van der Waals surface area contributed by atoms with Crippen molar-refractivity contribution in [2.75, 3.05) is 19.8 Å². The van der Waals surface area contributed by atoms with Gasteiger partial charge in [-0.3, -0.25) is 0 Å². The van der Waals surface area contributed by atoms with E-state index in [0.717, 1.165) is 6.08 Å². The van der Waals surface area contributed by atoms with Crippen LogP contribution in [0.15, 0.2) is 6.08 Å². The molecule has 0 saturated carbocycles. The zero-order valence-electron chi connectivity index (χ0n) is 9.60. The van der Waals surface area contributed by atoms with E-state index in [-0.39, 0.29) is 13.2 Å². The summed E-state index contributed by atoms with van der Waals surface area (Å²) in [5.74, 6) is -3.93. The van der Waals surface area contributed by atoms with Crippen LogP contribution in [0.4, 0.5) is 0 Å². The van der Waals surface area contributed by atoms with Crippen LogP contribution >= 0.6 is 0 Å². The summed E-state index contributed by atoms with van der Waals surface area (Å²) in [5.41, 5.74) is 0. The molecule has 0 radical (unpaired) electrons. The SMILES string of the molecule is CCOC(OCC)(C(=O)O)C(=O)OCC=C=O. The summed E-state index contributed by atoms with van der Waals surface area (Å²) >= 11 is 0. The third kappa shape index (κ3) is 3.99. The summed E-state index contributed by atoms with van der Waals surface area (Å²) in [5, 5.41) is 8.97. The molecule has 0 atom stereocenters. The molecule has 0 amide bonds. The van der Waals surface area contributed by atoms with Crippen molar-refractivity contribution in [1.82, 2.24) is 0 Å². The second-order valence-electron chi connectivity index (χ2n) is 2.71. The van der Waals surface area contributed by atoms with Crippen LogP contribution in [0.2, 0.25) is 0 Å². The summed E-state index contributed by atoms with van der Waals surface area (Å²) < 4.78 is 14.2. The molecule has 0 bridgehead atoms. The fourth-order valence-electron chi connectivity index (χ4n) is 1.02. The lowest BCUT2D eigenvalue weighted by molar-refractivity contribution is -0.248. The van der Waals surface area contributed by atoms with E-state index in [1.54, 1.807) is 0 Å². The highest BCUT2D eigenvalue weighted by molar-refractivity contribution is 6.01. The maximum atomic E-state index is 11.6. The third-order valence-corrected chi connectivity index (χ3v) is 1.63. The smallest absolute Gasteiger partial charge is 0.379 e. The van der Waals surface area contributed by atoms with Gasteiger partial charge >= 0.3 is 17.7 Å². The Kier molecular flexibility index (Phi) is 6.81. The number of carbonyl (C=O) groups excluding carboxylic acids is 2. The first-order chi connectivity index (χ1) is 8.05. The van der Waals surface area contributed by atoms with E-state index in [2.05, 4.69) is 4.74 Å². The molecule has 96 valence electrons. The number of hydrogen-bond acceptors (Lipinski definition) is 6. The topological polar surface area (TPSA) is 99.1 Å². The van der Waals surface area contributed by atoms with Crippen LogP contribution in [-0.4, -0.2) is 48.6 Å². The number of aliphatic carboxylic acids is 1. The van der Waals surface area contributed by atoms with Crippen LogP contribution in [0.1, 0.15) is 13.8 Å². The second-order valence-corrected chi connectivity index (χ2v) is 2.71. The average molecular weight is 246 g/mol. The van der Waals surface area contributed by atoms with Crippen molar-refractivity contribution in [1.29, 1.82) is 0 Å². The van der Waals surface area contributed by atoms with Gasteiger partial charge in [-0.05, 0) is 13.8 Å². The fourth-order valence-corrected chi connectivity index (χ4v) is 1.02. The first-order valence-electron chi connectivity index (χ1n) is 4.93. The molecular weight excluding hydrogens is 232 g/mol. The number of carboxylic acids is 1. The van der Waals surface area contributed by atoms with Crippen LogP contribution in [0.25, 0.3) is 0 Å². The Morgan fingerprint density at radius 1 is 1.29 bits per heavy atom. The molecule has 0 rings (SSSR count). The standard InChI is InChI=1S/C10H14O7/c1-3-16-10(8(12)13,17-4-2)9(14)15-7-5-6-11/h5H,3-4,7H2,1-2H3,(H,12,13). The van der Waals surface area contributed by atoms with Gasteiger partial charge in [0.05, 0.1) is 0 Å². The Bertz CT molecular complexity index is 311. The van der Waals surface area contributed by atoms with Crippen molar-refractivity contribution in [2.45, 2.75) is 19.6 Å². The van der Waals surface area contributed by atoms with Gasteiger partial charge in [-0.2, -0.15) is 0 Å². The molecule has 1 N–H and O–H groups in total. The van der Waals surface area contributed by atoms with Crippen molar-refractivity contribution in [3.8, 4) is 0 Å². The van der Waals surface area contributed by atoms with Gasteiger partial charge in [-0.1, -0.05) is 0 Å². The Morgan fingerprint density at radius 2 is 1.82 bits per heavy atom. The zero-order valence-corrected chi connectivity index (χ0v) is 9.60. The lowest BCUT2D eigenvalue weighted by atomic mass is 10.3. The molecule has 0 aliphatic heterocycles. The molecule has 0 aromatic carbocycles. The van der Waals surface area contributed by atoms with Crippen LogP contribution in [0.3, 0.4) is 0 Å². The maximum Gasteiger partial charge on any atom is 0.379 e. The highest BCUT2D eigenvalue weighted by Crippen LogP contribution is 2.16. The van der Waals surface area contributed by atoms with Gasteiger partial charge in [-0.25, -0.2) is 14.4 Å². The molecule has 0 fully saturated rings. The predicted octanol–water partition coefficient (Wildman–Crippen LogP) is -0.229. The molecule has 0 aromatic rings. The Balaban J connectivity index is 4.91. The third-order valence-electron chi connectivity index (χ3n) is 1.63. The molecule has 17 heavy (non-hydrogen) atoms. The fraction of sp³-hybridized carbons (Fsp3) is 0.600. The number of carbonyl (C=O) groups is 2. The Morgan fingerprint density at radius 3 is 2.18 bits per heavy atom. The number of ether oxygens (including phenoxy) is 3. The predicted molar refractivity (Wildman–Crippen MR) is 54.8 cm³/mol. The molecule has 0 saturated heterocycles. The monoisotopic (exact) mass is 246 g/mol. The van der Waals surface area contributed by atoms with Gasteiger partial charge in [-0.15, -0.1) is 0 Å². The van der Waals surface area contributed by atoms with Gasteiger partial charge < -0.3 is 19.3 Å². The zero-order chi connectivity index (χ0) is 13.3. The number of esters is 1. The summed E-state index contributed by atoms with van der Waals surface area (Å²) in [6, 6.07) is 0. The van der Waals surface area contributed by atoms with E-state index < -0.39 is 24.3 Å². The Hall–Kier alpha value is -1.69. The van der Waals surface area contributed by atoms with Crippen molar-refractivity contribution in [3.05, 3.63) is 6.08 Å². The minimum atomic E-state index is -2.49. The summed E-state index contributed by atoms with van der Waals surface area (Å²) in [6.45, 7) is 2.53. The van der Waals surface area contributed by atoms with Crippen molar-refractivity contribution >= 4 is 17.9 Å². The summed E-state index contributed by atoms with van der Waals surface area (Å²) in [7, 11) is 0. The van der Waals surface area contributed by atoms with Crippen molar-refractivity contribution in [3.63, 3.8) is 0 Å². The number of hydrogen-bond donors (Lipinski definition) is 1. The molecule has 0 unspecified atom stereocenters. The van der Waals surface area contributed by atoms with E-state index in [9.17, 15) is 14.4 Å². The highest BCUT2D eigenvalue weighted by atomic mass is 16.7. The van der Waals surface area contributed by atoms with E-state index in [0.29, 0.717) is 0 Å². The Labute approximate surface area is 98.0 Å². The van der Waals surface area contributed by atoms with E-state index in [4.69, 9.17) is 14.6 Å². The minimum absolute atomic E-state index is 0.0507. The molecule has 0 aliphatic carbocycles. The number of rotatable bonds is 8. The van der Waals surface area contributed by atoms with Gasteiger partial charge in [0.1, 0.15) is 12.5 Å². The maximum absolute atomic E-state index is 11.6. The van der Waals surface area contributed by atoms with Crippen molar-refractivity contribution in [2.24, 2.45) is 0 Å². The van der Waals surface area contributed by atoms with E-state index >= 15 is 0 Å². The van der Waals surface area contributed by atoms with Crippen LogP contribution in [0, 0.1) is 0 Å². The molecular formula is C10H14O7. The van der Waals surface area contributed by atoms with E-state index in [1.165, 1.54) is 19.8 Å². The normalized spacial score (nSPS) is 10.5. The average Bonchev–Trinajstić information content (AvgIpc) is 2.28. The first kappa shape index (κ1) is 15.3. The summed E-state index contributed by atoms with van der Waals surface area (Å²) in [6.07, 6.45) is 0.891. The van der Waals surface area contributed by atoms with Crippen LogP contribution < -0.4 is 0 Å². The highest BCUT2D eigenvalue weighted by Gasteiger charge is 2.51. The first-order valence-corrected chi connectivity index (χ1v) is 4.93. The second kappa shape index (κ2) is 7.56. The largest absolute Gasteiger partial charge is 0.477 e. The van der Waals surface area contributed by atoms with Gasteiger partial charge in [0.15, 0.2) is 0 Å². The van der Waals surface area contributed by atoms with Gasteiger partial charge in [0, 0.05) is 19.3 Å². The van der Waals surface area contributed by atoms with Crippen molar-refractivity contribution < 1.29 is 33.7 Å². The quantitative estimate of drug-likeness (QED) is 0.273. The molecule has 0 heterocycles. The minimum Gasteiger partial charge on any atom is -0.477 e. The molecule has 7 heteroatoms.